The van der Waals surface area contributed by atoms with Crippen molar-refractivity contribution in [2.45, 2.75) is 13.3 Å². The first-order valence-electron chi connectivity index (χ1n) is 7.25. The van der Waals surface area contributed by atoms with Gasteiger partial charge in [-0.25, -0.2) is 9.59 Å². The molecule has 0 saturated carbocycles. The summed E-state index contributed by atoms with van der Waals surface area (Å²) in [6.07, 6.45) is 0.668. The molecule has 2 rings (SSSR count). The zero-order chi connectivity index (χ0) is 17.5. The van der Waals surface area contributed by atoms with Crippen LogP contribution in [0.4, 0.5) is 5.69 Å². The van der Waals surface area contributed by atoms with Crippen LogP contribution >= 0.6 is 0 Å². The second kappa shape index (κ2) is 7.87. The average molecular weight is 329 g/mol. The van der Waals surface area contributed by atoms with Crippen molar-refractivity contribution in [2.75, 3.05) is 6.61 Å². The van der Waals surface area contributed by atoms with Crippen LogP contribution in [0.5, 0.6) is 5.75 Å². The maximum atomic E-state index is 12.3. The van der Waals surface area contributed by atoms with Gasteiger partial charge in [0.1, 0.15) is 5.75 Å². The van der Waals surface area contributed by atoms with E-state index in [2.05, 4.69) is 0 Å². The Labute approximate surface area is 138 Å². The Morgan fingerprint density at radius 3 is 2.12 bits per heavy atom. The molecule has 0 N–H and O–H groups in total. The van der Waals surface area contributed by atoms with Gasteiger partial charge in [-0.3, -0.25) is 10.1 Å². The van der Waals surface area contributed by atoms with Crippen molar-refractivity contribution in [2.24, 2.45) is 0 Å². The highest BCUT2D eigenvalue weighted by Crippen LogP contribution is 2.19. The minimum absolute atomic E-state index is 0.0666. The Kier molecular flexibility index (Phi) is 5.62. The van der Waals surface area contributed by atoms with Crippen LogP contribution in [0.2, 0.25) is 0 Å². The molecular formula is C17H15NO6. The molecule has 124 valence electrons. The fraction of sp³-hybridized carbons (Fsp3) is 0.176. The standard InChI is InChI=1S/C17H15NO6/c1-2-11-23-16(19)14-5-3-4-6-15(14)17(20)24-13-9-7-12(8-10-13)18(21)22/h3-10H,2,11H2,1H3. The monoisotopic (exact) mass is 329 g/mol. The van der Waals surface area contributed by atoms with Crippen LogP contribution in [-0.4, -0.2) is 23.5 Å². The van der Waals surface area contributed by atoms with Crippen molar-refractivity contribution in [3.8, 4) is 5.75 Å². The molecule has 0 saturated heterocycles. The molecule has 7 nitrogen and oxygen atoms in total. The number of nitro groups is 1. The first-order valence-corrected chi connectivity index (χ1v) is 7.25. The molecule has 0 bridgehead atoms. The van der Waals surface area contributed by atoms with E-state index in [0.717, 1.165) is 0 Å². The zero-order valence-corrected chi connectivity index (χ0v) is 12.9. The molecule has 0 atom stereocenters. The molecule has 7 heteroatoms. The summed E-state index contributed by atoms with van der Waals surface area (Å²) in [5.41, 5.74) is 0.0631. The molecule has 2 aromatic rings. The van der Waals surface area contributed by atoms with Crippen LogP contribution in [0.15, 0.2) is 48.5 Å². The van der Waals surface area contributed by atoms with Crippen molar-refractivity contribution < 1.29 is 24.0 Å². The van der Waals surface area contributed by atoms with E-state index in [1.54, 1.807) is 12.1 Å². The smallest absolute Gasteiger partial charge is 0.344 e. The molecule has 0 aliphatic rings. The molecule has 0 aliphatic carbocycles. The molecular weight excluding hydrogens is 314 g/mol. The number of carbonyl (C=O) groups excluding carboxylic acids is 2. The Hall–Kier alpha value is -3.22. The molecule has 0 radical (unpaired) electrons. The van der Waals surface area contributed by atoms with Gasteiger partial charge in [0, 0.05) is 12.1 Å². The summed E-state index contributed by atoms with van der Waals surface area (Å²) in [5.74, 6) is -1.21. The van der Waals surface area contributed by atoms with E-state index in [0.29, 0.717) is 6.42 Å². The van der Waals surface area contributed by atoms with E-state index >= 15 is 0 Å². The molecule has 0 heterocycles. The number of hydrogen-bond donors (Lipinski definition) is 0. The molecule has 2 aromatic carbocycles. The summed E-state index contributed by atoms with van der Waals surface area (Å²) in [6, 6.07) is 11.2. The van der Waals surface area contributed by atoms with Gasteiger partial charge in [-0.2, -0.15) is 0 Å². The van der Waals surface area contributed by atoms with Gasteiger partial charge in [0.25, 0.3) is 5.69 Å². The predicted octanol–water partition coefficient (Wildman–Crippen LogP) is 3.38. The molecule has 0 fully saturated rings. The van der Waals surface area contributed by atoms with Crippen molar-refractivity contribution in [1.82, 2.24) is 0 Å². The van der Waals surface area contributed by atoms with Crippen LogP contribution in [0.25, 0.3) is 0 Å². The molecule has 24 heavy (non-hydrogen) atoms. The number of non-ortho nitro benzene ring substituents is 1. The first kappa shape index (κ1) is 17.1. The summed E-state index contributed by atoms with van der Waals surface area (Å²) >= 11 is 0. The number of nitro benzene ring substituents is 1. The van der Waals surface area contributed by atoms with Crippen molar-refractivity contribution in [3.63, 3.8) is 0 Å². The fourth-order valence-electron chi connectivity index (χ4n) is 1.91. The van der Waals surface area contributed by atoms with Gasteiger partial charge < -0.3 is 9.47 Å². The summed E-state index contributed by atoms with van der Waals surface area (Å²) in [6.45, 7) is 2.12. The Balaban J connectivity index is 2.17. The molecule has 0 spiro atoms. The third-order valence-corrected chi connectivity index (χ3v) is 3.06. The summed E-state index contributed by atoms with van der Waals surface area (Å²) < 4.78 is 10.2. The highest BCUT2D eigenvalue weighted by Gasteiger charge is 2.19. The predicted molar refractivity (Wildman–Crippen MR) is 85.1 cm³/mol. The maximum Gasteiger partial charge on any atom is 0.344 e. The number of esters is 2. The summed E-state index contributed by atoms with van der Waals surface area (Å²) in [5, 5.41) is 10.6. The second-order valence-corrected chi connectivity index (χ2v) is 4.82. The Bertz CT molecular complexity index is 754. The normalized spacial score (nSPS) is 10.0. The van der Waals surface area contributed by atoms with Crippen LogP contribution in [0.1, 0.15) is 34.1 Å². The zero-order valence-electron chi connectivity index (χ0n) is 12.9. The second-order valence-electron chi connectivity index (χ2n) is 4.82. The molecule has 0 aliphatic heterocycles. The number of carbonyl (C=O) groups is 2. The number of hydrogen-bond acceptors (Lipinski definition) is 6. The third kappa shape index (κ3) is 4.16. The van der Waals surface area contributed by atoms with E-state index in [9.17, 15) is 19.7 Å². The van der Waals surface area contributed by atoms with E-state index in [-0.39, 0.29) is 29.2 Å². The first-order chi connectivity index (χ1) is 11.5. The lowest BCUT2D eigenvalue weighted by atomic mass is 10.1. The quantitative estimate of drug-likeness (QED) is 0.349. The third-order valence-electron chi connectivity index (χ3n) is 3.06. The van der Waals surface area contributed by atoms with Gasteiger partial charge in [0.15, 0.2) is 0 Å². The molecule has 0 unspecified atom stereocenters. The lowest BCUT2D eigenvalue weighted by Gasteiger charge is -2.09. The van der Waals surface area contributed by atoms with E-state index in [1.807, 2.05) is 6.92 Å². The van der Waals surface area contributed by atoms with Gasteiger partial charge in [-0.1, -0.05) is 19.1 Å². The average Bonchev–Trinajstić information content (AvgIpc) is 2.60. The van der Waals surface area contributed by atoms with Gasteiger partial charge in [-0.15, -0.1) is 0 Å². The summed E-state index contributed by atoms with van der Waals surface area (Å²) in [4.78, 5) is 34.3. The highest BCUT2D eigenvalue weighted by atomic mass is 16.6. The maximum absolute atomic E-state index is 12.3. The Morgan fingerprint density at radius 2 is 1.58 bits per heavy atom. The largest absolute Gasteiger partial charge is 0.462 e. The Morgan fingerprint density at radius 1 is 1.00 bits per heavy atom. The van der Waals surface area contributed by atoms with Crippen LogP contribution in [0, 0.1) is 10.1 Å². The number of nitrogens with zero attached hydrogens (tertiary/aromatic N) is 1. The topological polar surface area (TPSA) is 95.7 Å². The highest BCUT2D eigenvalue weighted by molar-refractivity contribution is 6.03. The molecule has 0 amide bonds. The van der Waals surface area contributed by atoms with E-state index in [1.165, 1.54) is 36.4 Å². The van der Waals surface area contributed by atoms with Crippen molar-refractivity contribution in [3.05, 3.63) is 69.8 Å². The number of benzene rings is 2. The minimum Gasteiger partial charge on any atom is -0.462 e. The van der Waals surface area contributed by atoms with Crippen LogP contribution in [-0.2, 0) is 4.74 Å². The lowest BCUT2D eigenvalue weighted by molar-refractivity contribution is -0.384. The minimum atomic E-state index is -0.743. The van der Waals surface area contributed by atoms with Crippen LogP contribution < -0.4 is 4.74 Å². The number of rotatable bonds is 6. The lowest BCUT2D eigenvalue weighted by Crippen LogP contribution is -2.16. The van der Waals surface area contributed by atoms with Gasteiger partial charge in [0.05, 0.1) is 22.7 Å². The summed E-state index contributed by atoms with van der Waals surface area (Å²) in [7, 11) is 0. The van der Waals surface area contributed by atoms with Crippen molar-refractivity contribution >= 4 is 17.6 Å². The molecule has 0 aromatic heterocycles. The van der Waals surface area contributed by atoms with E-state index in [4.69, 9.17) is 9.47 Å². The SMILES string of the molecule is CCCOC(=O)c1ccccc1C(=O)Oc1ccc([N+](=O)[O-])cc1. The number of ether oxygens (including phenoxy) is 2. The van der Waals surface area contributed by atoms with Crippen LogP contribution in [0.3, 0.4) is 0 Å². The van der Waals surface area contributed by atoms with Gasteiger partial charge in [-0.05, 0) is 30.7 Å². The van der Waals surface area contributed by atoms with Gasteiger partial charge >= 0.3 is 11.9 Å². The van der Waals surface area contributed by atoms with Crippen molar-refractivity contribution in [1.29, 1.82) is 0 Å². The van der Waals surface area contributed by atoms with Gasteiger partial charge in [0.2, 0.25) is 0 Å². The van der Waals surface area contributed by atoms with E-state index < -0.39 is 16.9 Å². The fourth-order valence-corrected chi connectivity index (χ4v) is 1.91.